The van der Waals surface area contributed by atoms with Crippen molar-refractivity contribution in [1.82, 2.24) is 0 Å². The fourth-order valence-corrected chi connectivity index (χ4v) is 6.52. The number of methoxy groups -OCH3 is 1. The molecule has 0 aromatic heterocycles. The molecule has 0 radical (unpaired) electrons. The summed E-state index contributed by atoms with van der Waals surface area (Å²) in [6.45, 7) is 11.6. The van der Waals surface area contributed by atoms with Crippen molar-refractivity contribution in [2.45, 2.75) is 65.7 Å². The highest BCUT2D eigenvalue weighted by molar-refractivity contribution is 5.69. The standard InChI is InChI=1S/C22H34O2/c1-15(2)17-12-14-22(4)19(18(17)9-11-20(23)24-5)10-8-16-7-6-13-21(16,22)3/h6-7,16-19H,1,8-14H2,2-5H3/t16-,17+,18-,19+,21+,22+/m0/s1. The zero-order valence-corrected chi connectivity index (χ0v) is 15.9. The zero-order chi connectivity index (χ0) is 17.5. The molecule has 0 spiro atoms. The van der Waals surface area contributed by atoms with Gasteiger partial charge in [-0.3, -0.25) is 4.79 Å². The summed E-state index contributed by atoms with van der Waals surface area (Å²) >= 11 is 0. The maximum atomic E-state index is 11.8. The first-order valence-corrected chi connectivity index (χ1v) is 9.72. The third-order valence-electron chi connectivity index (χ3n) is 8.19. The van der Waals surface area contributed by atoms with Crippen LogP contribution < -0.4 is 0 Å². The Morgan fingerprint density at radius 2 is 2.00 bits per heavy atom. The van der Waals surface area contributed by atoms with Gasteiger partial charge < -0.3 is 4.74 Å². The molecule has 134 valence electrons. The Morgan fingerprint density at radius 3 is 2.67 bits per heavy atom. The van der Waals surface area contributed by atoms with Crippen LogP contribution in [0.5, 0.6) is 0 Å². The summed E-state index contributed by atoms with van der Waals surface area (Å²) in [5, 5.41) is 0. The van der Waals surface area contributed by atoms with Gasteiger partial charge in [-0.05, 0) is 80.0 Å². The number of carbonyl (C=O) groups is 1. The van der Waals surface area contributed by atoms with Crippen LogP contribution in [0.3, 0.4) is 0 Å². The molecule has 0 heterocycles. The van der Waals surface area contributed by atoms with Crippen LogP contribution in [0.2, 0.25) is 0 Å². The van der Waals surface area contributed by atoms with Gasteiger partial charge in [-0.25, -0.2) is 0 Å². The van der Waals surface area contributed by atoms with Gasteiger partial charge in [-0.1, -0.05) is 38.2 Å². The average Bonchev–Trinajstić information content (AvgIpc) is 2.94. The van der Waals surface area contributed by atoms with Crippen LogP contribution in [0.15, 0.2) is 24.3 Å². The van der Waals surface area contributed by atoms with Crippen LogP contribution in [0.25, 0.3) is 0 Å². The van der Waals surface area contributed by atoms with Gasteiger partial charge in [0.2, 0.25) is 0 Å². The molecular weight excluding hydrogens is 296 g/mol. The molecule has 24 heavy (non-hydrogen) atoms. The summed E-state index contributed by atoms with van der Waals surface area (Å²) in [5.74, 6) is 2.55. The Hall–Kier alpha value is -1.05. The van der Waals surface area contributed by atoms with Crippen molar-refractivity contribution in [2.75, 3.05) is 7.11 Å². The molecule has 0 aliphatic heterocycles. The highest BCUT2D eigenvalue weighted by atomic mass is 16.5. The molecule has 2 saturated carbocycles. The Bertz CT molecular complexity index is 548. The maximum Gasteiger partial charge on any atom is 0.305 e. The van der Waals surface area contributed by atoms with Crippen LogP contribution in [0, 0.1) is 34.5 Å². The minimum absolute atomic E-state index is 0.0647. The van der Waals surface area contributed by atoms with E-state index in [1.54, 1.807) is 0 Å². The average molecular weight is 331 g/mol. The Labute approximate surface area is 147 Å². The first kappa shape index (κ1) is 17.8. The van der Waals surface area contributed by atoms with Gasteiger partial charge in [0.25, 0.3) is 0 Å². The molecule has 2 heteroatoms. The quantitative estimate of drug-likeness (QED) is 0.499. The third-order valence-corrected chi connectivity index (χ3v) is 8.19. The highest BCUT2D eigenvalue weighted by Crippen LogP contribution is 2.68. The molecule has 6 atom stereocenters. The highest BCUT2D eigenvalue weighted by Gasteiger charge is 2.60. The molecule has 2 fully saturated rings. The van der Waals surface area contributed by atoms with E-state index in [4.69, 9.17) is 4.74 Å². The molecule has 3 aliphatic rings. The fraction of sp³-hybridized carbons (Fsp3) is 0.773. The summed E-state index contributed by atoms with van der Waals surface area (Å²) in [5.41, 5.74) is 2.09. The van der Waals surface area contributed by atoms with E-state index in [-0.39, 0.29) is 5.97 Å². The molecule has 0 amide bonds. The second kappa shape index (κ2) is 6.35. The van der Waals surface area contributed by atoms with Gasteiger partial charge in [0.15, 0.2) is 0 Å². The van der Waals surface area contributed by atoms with Crippen LogP contribution in [-0.2, 0) is 9.53 Å². The molecule has 0 aromatic rings. The van der Waals surface area contributed by atoms with Crippen molar-refractivity contribution in [3.63, 3.8) is 0 Å². The SMILES string of the molecule is C=C(C)[C@H]1CC[C@]2(C)[C@H](CC[C@@H]3C=CC[C@]32C)[C@H]1CCC(=O)OC. The molecule has 0 unspecified atom stereocenters. The topological polar surface area (TPSA) is 26.3 Å². The van der Waals surface area contributed by atoms with E-state index in [1.807, 2.05) is 0 Å². The molecule has 0 aromatic carbocycles. The van der Waals surface area contributed by atoms with E-state index in [1.165, 1.54) is 44.8 Å². The molecular formula is C22H34O2. The summed E-state index contributed by atoms with van der Waals surface area (Å²) in [7, 11) is 1.50. The number of carbonyl (C=O) groups excluding carboxylic acids is 1. The molecule has 0 N–H and O–H groups in total. The van der Waals surface area contributed by atoms with Gasteiger partial charge in [0.05, 0.1) is 7.11 Å². The lowest BCUT2D eigenvalue weighted by Gasteiger charge is -2.62. The summed E-state index contributed by atoms with van der Waals surface area (Å²) in [6, 6.07) is 0. The first-order valence-electron chi connectivity index (χ1n) is 9.72. The number of allylic oxidation sites excluding steroid dienone is 3. The van der Waals surface area contributed by atoms with Crippen LogP contribution in [0.1, 0.15) is 65.7 Å². The second-order valence-electron chi connectivity index (χ2n) is 9.03. The number of hydrogen-bond acceptors (Lipinski definition) is 2. The van der Waals surface area contributed by atoms with Gasteiger partial charge >= 0.3 is 5.97 Å². The van der Waals surface area contributed by atoms with Crippen molar-refractivity contribution in [2.24, 2.45) is 34.5 Å². The van der Waals surface area contributed by atoms with Crippen molar-refractivity contribution in [3.05, 3.63) is 24.3 Å². The van der Waals surface area contributed by atoms with Gasteiger partial charge in [0, 0.05) is 6.42 Å². The Balaban J connectivity index is 1.88. The smallest absolute Gasteiger partial charge is 0.305 e. The maximum absolute atomic E-state index is 11.8. The normalized spacial score (nSPS) is 43.8. The van der Waals surface area contributed by atoms with Crippen LogP contribution in [0.4, 0.5) is 0 Å². The van der Waals surface area contributed by atoms with Gasteiger partial charge in [-0.2, -0.15) is 0 Å². The number of rotatable bonds is 4. The minimum atomic E-state index is -0.0647. The predicted molar refractivity (Wildman–Crippen MR) is 98.5 cm³/mol. The summed E-state index contributed by atoms with van der Waals surface area (Å²) in [4.78, 5) is 11.8. The number of hydrogen-bond donors (Lipinski definition) is 0. The lowest BCUT2D eigenvalue weighted by atomic mass is 9.42. The lowest BCUT2D eigenvalue weighted by Crippen LogP contribution is -2.55. The van der Waals surface area contributed by atoms with Gasteiger partial charge in [-0.15, -0.1) is 0 Å². The molecule has 0 bridgehead atoms. The van der Waals surface area contributed by atoms with Crippen molar-refractivity contribution in [1.29, 1.82) is 0 Å². The minimum Gasteiger partial charge on any atom is -0.469 e. The van der Waals surface area contributed by atoms with Crippen molar-refractivity contribution in [3.8, 4) is 0 Å². The first-order chi connectivity index (χ1) is 11.3. The van der Waals surface area contributed by atoms with E-state index < -0.39 is 0 Å². The van der Waals surface area contributed by atoms with E-state index in [9.17, 15) is 4.79 Å². The van der Waals surface area contributed by atoms with E-state index in [0.29, 0.717) is 35.0 Å². The van der Waals surface area contributed by atoms with Crippen molar-refractivity contribution < 1.29 is 9.53 Å². The Kier molecular flexibility index (Phi) is 4.70. The van der Waals surface area contributed by atoms with Gasteiger partial charge in [0.1, 0.15) is 0 Å². The monoisotopic (exact) mass is 330 g/mol. The number of fused-ring (bicyclic) bond motifs is 3. The molecule has 3 rings (SSSR count). The zero-order valence-electron chi connectivity index (χ0n) is 15.9. The van der Waals surface area contributed by atoms with Crippen molar-refractivity contribution >= 4 is 5.97 Å². The summed E-state index contributed by atoms with van der Waals surface area (Å²) in [6.07, 6.45) is 12.8. The largest absolute Gasteiger partial charge is 0.469 e. The molecule has 2 nitrogen and oxygen atoms in total. The molecule has 3 aliphatic carbocycles. The Morgan fingerprint density at radius 1 is 1.25 bits per heavy atom. The predicted octanol–water partition coefficient (Wildman–Crippen LogP) is 5.54. The van der Waals surface area contributed by atoms with E-state index >= 15 is 0 Å². The lowest BCUT2D eigenvalue weighted by molar-refractivity contribution is -0.144. The van der Waals surface area contributed by atoms with E-state index in [2.05, 4.69) is 39.5 Å². The van der Waals surface area contributed by atoms with Crippen LogP contribution >= 0.6 is 0 Å². The third kappa shape index (κ3) is 2.57. The number of ether oxygens (including phenoxy) is 1. The summed E-state index contributed by atoms with van der Waals surface area (Å²) < 4.78 is 4.92. The van der Waals surface area contributed by atoms with E-state index in [0.717, 1.165) is 12.3 Å². The molecule has 0 saturated heterocycles. The number of esters is 1. The fourth-order valence-electron chi connectivity index (χ4n) is 6.52. The van der Waals surface area contributed by atoms with Crippen LogP contribution in [-0.4, -0.2) is 13.1 Å². The second-order valence-corrected chi connectivity index (χ2v) is 9.03.